The number of hydrogen-bond donors (Lipinski definition) is 0. The molecule has 0 aromatic heterocycles. The molecule has 0 amide bonds. The van der Waals surface area contributed by atoms with Gasteiger partial charge in [-0.1, -0.05) is 84.9 Å². The number of rotatable bonds is 1. The highest BCUT2D eigenvalue weighted by Gasteiger charge is 2.47. The van der Waals surface area contributed by atoms with E-state index in [1.807, 2.05) is 67.6 Å². The second-order valence-corrected chi connectivity index (χ2v) is 13.5. The average molecular weight is 547 g/mol. The summed E-state index contributed by atoms with van der Waals surface area (Å²) < 4.78 is 29.0. The SMILES string of the molecule is Cc1ccc2c(c1)Oc1cc(-c3cc4ccccc4c4ccccc34)cc3c1P2(=O)c1c(ccc2ccccc12)O3. The molecule has 4 heteroatoms. The maximum Gasteiger partial charge on any atom is 0.186 e. The van der Waals surface area contributed by atoms with Crippen molar-refractivity contribution in [3.05, 3.63) is 127 Å². The zero-order chi connectivity index (χ0) is 27.3. The smallest absolute Gasteiger partial charge is 0.186 e. The van der Waals surface area contributed by atoms with Gasteiger partial charge >= 0.3 is 0 Å². The van der Waals surface area contributed by atoms with Gasteiger partial charge in [-0.05, 0) is 92.3 Å². The van der Waals surface area contributed by atoms with Gasteiger partial charge in [0.25, 0.3) is 0 Å². The Kier molecular flexibility index (Phi) is 4.53. The summed E-state index contributed by atoms with van der Waals surface area (Å²) in [6, 6.07) is 41.4. The number of benzene rings is 7. The van der Waals surface area contributed by atoms with Crippen LogP contribution in [0, 0.1) is 6.92 Å². The van der Waals surface area contributed by atoms with Crippen LogP contribution in [-0.4, -0.2) is 0 Å². The molecule has 0 radical (unpaired) electrons. The number of hydrogen-bond acceptors (Lipinski definition) is 3. The Morgan fingerprint density at radius 2 is 1.17 bits per heavy atom. The lowest BCUT2D eigenvalue weighted by Crippen LogP contribution is -2.35. The van der Waals surface area contributed by atoms with Gasteiger partial charge < -0.3 is 14.0 Å². The Bertz CT molecular complexity index is 2320. The molecule has 2 aliphatic rings. The van der Waals surface area contributed by atoms with Crippen LogP contribution in [0.4, 0.5) is 0 Å². The molecular weight excluding hydrogens is 523 g/mol. The van der Waals surface area contributed by atoms with E-state index in [0.29, 0.717) is 28.3 Å². The maximum atomic E-state index is 15.7. The molecule has 0 bridgehead atoms. The summed E-state index contributed by atoms with van der Waals surface area (Å²) in [5, 5.41) is 8.83. The van der Waals surface area contributed by atoms with E-state index in [2.05, 4.69) is 60.7 Å². The van der Waals surface area contributed by atoms with Gasteiger partial charge in [0.2, 0.25) is 0 Å². The van der Waals surface area contributed by atoms with Crippen molar-refractivity contribution in [2.45, 2.75) is 6.92 Å². The van der Waals surface area contributed by atoms with Crippen LogP contribution in [0.3, 0.4) is 0 Å². The normalized spacial score (nSPS) is 16.5. The third kappa shape index (κ3) is 3.07. The van der Waals surface area contributed by atoms with E-state index in [1.165, 1.54) is 10.8 Å². The lowest BCUT2D eigenvalue weighted by molar-refractivity contribution is 0.462. The maximum absolute atomic E-state index is 15.7. The molecule has 3 nitrogen and oxygen atoms in total. The van der Waals surface area contributed by atoms with E-state index in [1.54, 1.807) is 0 Å². The number of ether oxygens (including phenoxy) is 2. The Morgan fingerprint density at radius 3 is 1.98 bits per heavy atom. The van der Waals surface area contributed by atoms with Gasteiger partial charge in [0.1, 0.15) is 28.3 Å². The van der Waals surface area contributed by atoms with Crippen molar-refractivity contribution >= 4 is 55.4 Å². The van der Waals surface area contributed by atoms with Crippen LogP contribution in [0.1, 0.15) is 5.56 Å². The monoisotopic (exact) mass is 546 g/mol. The topological polar surface area (TPSA) is 35.5 Å². The van der Waals surface area contributed by atoms with Crippen LogP contribution in [0.15, 0.2) is 121 Å². The van der Waals surface area contributed by atoms with E-state index in [-0.39, 0.29) is 0 Å². The largest absolute Gasteiger partial charge is 0.456 e. The third-order valence-electron chi connectivity index (χ3n) is 8.51. The van der Waals surface area contributed by atoms with Crippen molar-refractivity contribution in [1.82, 2.24) is 0 Å². The first-order valence-electron chi connectivity index (χ1n) is 13.8. The summed E-state index contributed by atoms with van der Waals surface area (Å²) >= 11 is 0. The van der Waals surface area contributed by atoms with E-state index >= 15 is 4.57 Å². The first-order chi connectivity index (χ1) is 20.1. The Morgan fingerprint density at radius 1 is 0.512 bits per heavy atom. The summed E-state index contributed by atoms with van der Waals surface area (Å²) in [5.74, 6) is 2.47. The Balaban J connectivity index is 1.38. The molecule has 194 valence electrons. The van der Waals surface area contributed by atoms with E-state index < -0.39 is 7.14 Å². The van der Waals surface area contributed by atoms with Crippen LogP contribution in [-0.2, 0) is 4.57 Å². The first-order valence-corrected chi connectivity index (χ1v) is 15.5. The first kappa shape index (κ1) is 22.9. The van der Waals surface area contributed by atoms with E-state index in [4.69, 9.17) is 9.47 Å². The molecule has 0 fully saturated rings. The van der Waals surface area contributed by atoms with Crippen molar-refractivity contribution in [3.8, 4) is 34.1 Å². The number of fused-ring (bicyclic) bond motifs is 9. The molecular formula is C37H23O3P. The summed E-state index contributed by atoms with van der Waals surface area (Å²) in [4.78, 5) is 0. The van der Waals surface area contributed by atoms with Crippen molar-refractivity contribution < 1.29 is 14.0 Å². The van der Waals surface area contributed by atoms with Gasteiger partial charge in [-0.3, -0.25) is 0 Å². The van der Waals surface area contributed by atoms with Crippen LogP contribution in [0.5, 0.6) is 23.0 Å². The highest BCUT2D eigenvalue weighted by molar-refractivity contribution is 7.86. The van der Waals surface area contributed by atoms with Gasteiger partial charge in [0.05, 0.1) is 10.6 Å². The molecule has 41 heavy (non-hydrogen) atoms. The number of aryl methyl sites for hydroxylation is 1. The minimum absolute atomic E-state index is 0.590. The van der Waals surface area contributed by atoms with Crippen LogP contribution in [0.2, 0.25) is 0 Å². The zero-order valence-corrected chi connectivity index (χ0v) is 23.1. The highest BCUT2D eigenvalue weighted by Crippen LogP contribution is 2.60. The molecule has 7 aromatic carbocycles. The van der Waals surface area contributed by atoms with Gasteiger partial charge in [0.15, 0.2) is 7.14 Å². The van der Waals surface area contributed by atoms with Crippen molar-refractivity contribution in [2.75, 3.05) is 0 Å². The van der Waals surface area contributed by atoms with Crippen molar-refractivity contribution in [3.63, 3.8) is 0 Å². The predicted octanol–water partition coefficient (Wildman–Crippen LogP) is 8.97. The lowest BCUT2D eigenvalue weighted by atomic mass is 9.93. The Hall–Kier alpha value is -4.85. The quantitative estimate of drug-likeness (QED) is 0.152. The standard InChI is InChI=1S/C37H23O3P/c1-22-14-17-35-32(18-22)40-34-21-25(30-19-24-9-3-4-10-26(24)28-12-6-7-13-29(28)30)20-33-37(34)41(35,38)36-27-11-5-2-8-23(27)15-16-31(36)39-33/h2-21H,1H3. The average Bonchev–Trinajstić information content (AvgIpc) is 3.00. The molecule has 0 saturated carbocycles. The second-order valence-electron chi connectivity index (χ2n) is 10.9. The third-order valence-corrected chi connectivity index (χ3v) is 11.7. The van der Waals surface area contributed by atoms with Crippen molar-refractivity contribution in [2.24, 2.45) is 0 Å². The van der Waals surface area contributed by atoms with Gasteiger partial charge in [-0.2, -0.15) is 0 Å². The van der Waals surface area contributed by atoms with Crippen LogP contribution < -0.4 is 25.4 Å². The fourth-order valence-corrected chi connectivity index (χ4v) is 9.92. The minimum Gasteiger partial charge on any atom is -0.456 e. The molecule has 9 rings (SSSR count). The fourth-order valence-electron chi connectivity index (χ4n) is 6.69. The summed E-state index contributed by atoms with van der Waals surface area (Å²) in [7, 11) is -3.33. The summed E-state index contributed by atoms with van der Waals surface area (Å²) in [5.41, 5.74) is 3.11. The highest BCUT2D eigenvalue weighted by atomic mass is 31.2. The predicted molar refractivity (Wildman–Crippen MR) is 169 cm³/mol. The van der Waals surface area contributed by atoms with Gasteiger partial charge in [-0.25, -0.2) is 0 Å². The zero-order valence-electron chi connectivity index (χ0n) is 22.2. The van der Waals surface area contributed by atoms with Crippen molar-refractivity contribution in [1.29, 1.82) is 0 Å². The summed E-state index contributed by atoms with van der Waals surface area (Å²) in [6.45, 7) is 2.03. The minimum atomic E-state index is -3.33. The molecule has 2 aliphatic heterocycles. The molecule has 0 N–H and O–H groups in total. The molecule has 0 saturated heterocycles. The molecule has 1 atom stereocenters. The second kappa shape index (κ2) is 8.10. The van der Waals surface area contributed by atoms with Gasteiger partial charge in [0, 0.05) is 0 Å². The fraction of sp³-hybridized carbons (Fsp3) is 0.0270. The molecule has 7 aromatic rings. The molecule has 2 heterocycles. The molecule has 0 aliphatic carbocycles. The lowest BCUT2D eigenvalue weighted by Gasteiger charge is -2.35. The van der Waals surface area contributed by atoms with E-state index in [9.17, 15) is 0 Å². The summed E-state index contributed by atoms with van der Waals surface area (Å²) in [6.07, 6.45) is 0. The van der Waals surface area contributed by atoms with E-state index in [0.717, 1.165) is 48.8 Å². The Labute approximate surface area is 237 Å². The van der Waals surface area contributed by atoms with Crippen LogP contribution >= 0.6 is 7.14 Å². The van der Waals surface area contributed by atoms with Gasteiger partial charge in [-0.15, -0.1) is 0 Å². The molecule has 0 spiro atoms. The van der Waals surface area contributed by atoms with Crippen LogP contribution in [0.25, 0.3) is 43.4 Å². The molecule has 1 unspecified atom stereocenters.